The number of esters is 1. The number of halogens is 3. The van der Waals surface area contributed by atoms with E-state index in [0.29, 0.717) is 6.42 Å². The van der Waals surface area contributed by atoms with Crippen LogP contribution in [0.4, 0.5) is 13.2 Å². The van der Waals surface area contributed by atoms with Crippen molar-refractivity contribution in [1.29, 1.82) is 0 Å². The molecule has 5 heteroatoms. The molecule has 1 rings (SSSR count). The summed E-state index contributed by atoms with van der Waals surface area (Å²) in [5.74, 6) is -4.08. The molecule has 0 saturated carbocycles. The van der Waals surface area contributed by atoms with Crippen molar-refractivity contribution in [2.45, 2.75) is 26.4 Å². The molecule has 1 aromatic carbocycles. The molecule has 19 heavy (non-hydrogen) atoms. The van der Waals surface area contributed by atoms with Crippen LogP contribution in [0.15, 0.2) is 30.3 Å². The van der Waals surface area contributed by atoms with E-state index in [1.165, 1.54) is 13.8 Å². The van der Waals surface area contributed by atoms with Gasteiger partial charge in [-0.05, 0) is 11.5 Å². The molecule has 1 atom stereocenters. The molecule has 2 nitrogen and oxygen atoms in total. The van der Waals surface area contributed by atoms with Crippen LogP contribution in [0.5, 0.6) is 0 Å². The third-order valence-corrected chi connectivity index (χ3v) is 2.75. The van der Waals surface area contributed by atoms with Gasteiger partial charge in [0.15, 0.2) is 5.92 Å². The first-order valence-corrected chi connectivity index (χ1v) is 6.09. The van der Waals surface area contributed by atoms with E-state index >= 15 is 0 Å². The van der Waals surface area contributed by atoms with Crippen molar-refractivity contribution >= 4 is 5.97 Å². The zero-order valence-electron chi connectivity index (χ0n) is 10.9. The Bertz CT molecular complexity index is 399. The molecule has 0 fully saturated rings. The zero-order chi connectivity index (χ0) is 14.5. The number of benzene rings is 1. The van der Waals surface area contributed by atoms with Crippen LogP contribution in [0, 0.1) is 11.8 Å². The summed E-state index contributed by atoms with van der Waals surface area (Å²) in [5.41, 5.74) is 0.920. The van der Waals surface area contributed by atoms with Crippen LogP contribution in [0.3, 0.4) is 0 Å². The lowest BCUT2D eigenvalue weighted by Crippen LogP contribution is -2.36. The number of hydrogen-bond donors (Lipinski definition) is 0. The van der Waals surface area contributed by atoms with Crippen LogP contribution in [0.1, 0.15) is 19.4 Å². The smallest absolute Gasteiger partial charge is 0.402 e. The van der Waals surface area contributed by atoms with Crippen molar-refractivity contribution in [2.75, 3.05) is 6.61 Å². The fourth-order valence-electron chi connectivity index (χ4n) is 1.79. The molecular weight excluding hydrogens is 257 g/mol. The Morgan fingerprint density at radius 2 is 1.79 bits per heavy atom. The molecule has 0 N–H and O–H groups in total. The van der Waals surface area contributed by atoms with E-state index in [1.807, 2.05) is 30.3 Å². The first-order chi connectivity index (χ1) is 8.82. The van der Waals surface area contributed by atoms with Gasteiger partial charge in [0.2, 0.25) is 0 Å². The van der Waals surface area contributed by atoms with Crippen LogP contribution in [-0.4, -0.2) is 18.8 Å². The lowest BCUT2D eigenvalue weighted by Gasteiger charge is -2.21. The molecule has 0 aliphatic carbocycles. The lowest BCUT2D eigenvalue weighted by molar-refractivity contribution is -0.205. The summed E-state index contributed by atoms with van der Waals surface area (Å²) >= 11 is 0. The first kappa shape index (κ1) is 15.5. The van der Waals surface area contributed by atoms with Gasteiger partial charge in [0.05, 0.1) is 6.61 Å². The third-order valence-electron chi connectivity index (χ3n) is 2.75. The van der Waals surface area contributed by atoms with Crippen LogP contribution in [0.25, 0.3) is 0 Å². The molecule has 0 aliphatic rings. The average Bonchev–Trinajstić information content (AvgIpc) is 2.27. The molecule has 106 valence electrons. The van der Waals surface area contributed by atoms with E-state index in [2.05, 4.69) is 0 Å². The molecule has 0 amide bonds. The van der Waals surface area contributed by atoms with Crippen molar-refractivity contribution in [3.63, 3.8) is 0 Å². The number of alkyl halides is 3. The molecule has 0 aliphatic heterocycles. The molecule has 1 aromatic rings. The lowest BCUT2D eigenvalue weighted by atomic mass is 9.95. The van der Waals surface area contributed by atoms with Crippen molar-refractivity contribution in [1.82, 2.24) is 0 Å². The number of carbonyl (C=O) groups is 1. The molecular formula is C14H17F3O2. The van der Waals surface area contributed by atoms with Gasteiger partial charge in [-0.1, -0.05) is 44.2 Å². The molecule has 0 heterocycles. The summed E-state index contributed by atoms with van der Waals surface area (Å²) in [7, 11) is 0. The minimum absolute atomic E-state index is 0.0395. The molecule has 0 aromatic heterocycles. The number of carbonyl (C=O) groups excluding carboxylic acids is 1. The SMILES string of the molecule is CC(C)C(C(=O)OCCc1ccccc1)C(F)(F)F. The Balaban J connectivity index is 2.50. The van der Waals surface area contributed by atoms with Crippen LogP contribution in [0.2, 0.25) is 0 Å². The van der Waals surface area contributed by atoms with Crippen LogP contribution >= 0.6 is 0 Å². The standard InChI is InChI=1S/C14H17F3O2/c1-10(2)12(14(15,16)17)13(18)19-9-8-11-6-4-3-5-7-11/h3-7,10,12H,8-9H2,1-2H3. The molecule has 0 spiro atoms. The quantitative estimate of drug-likeness (QED) is 0.767. The van der Waals surface area contributed by atoms with E-state index in [1.54, 1.807) is 0 Å². The second kappa shape index (κ2) is 6.59. The monoisotopic (exact) mass is 274 g/mol. The van der Waals surface area contributed by atoms with Gasteiger partial charge < -0.3 is 4.74 Å². The highest BCUT2D eigenvalue weighted by molar-refractivity contribution is 5.73. The Labute approximate surface area is 110 Å². The van der Waals surface area contributed by atoms with Crippen molar-refractivity contribution in [3.05, 3.63) is 35.9 Å². The van der Waals surface area contributed by atoms with E-state index in [-0.39, 0.29) is 6.61 Å². The summed E-state index contributed by atoms with van der Waals surface area (Å²) < 4.78 is 42.7. The van der Waals surface area contributed by atoms with Crippen molar-refractivity contribution in [3.8, 4) is 0 Å². The van der Waals surface area contributed by atoms with Crippen molar-refractivity contribution in [2.24, 2.45) is 11.8 Å². The summed E-state index contributed by atoms with van der Waals surface area (Å²) in [5, 5.41) is 0. The highest BCUT2D eigenvalue weighted by Gasteiger charge is 2.47. The normalized spacial score (nSPS) is 13.4. The Morgan fingerprint density at radius 1 is 1.21 bits per heavy atom. The van der Waals surface area contributed by atoms with Gasteiger partial charge >= 0.3 is 12.1 Å². The highest BCUT2D eigenvalue weighted by Crippen LogP contribution is 2.32. The maximum absolute atomic E-state index is 12.7. The van der Waals surface area contributed by atoms with Crippen LogP contribution in [-0.2, 0) is 16.0 Å². The maximum Gasteiger partial charge on any atom is 0.402 e. The largest absolute Gasteiger partial charge is 0.465 e. The fraction of sp³-hybridized carbons (Fsp3) is 0.500. The Kier molecular flexibility index (Phi) is 5.39. The van der Waals surface area contributed by atoms with Gasteiger partial charge in [-0.2, -0.15) is 13.2 Å². The summed E-state index contributed by atoms with van der Waals surface area (Å²) in [6.07, 6.45) is -4.15. The predicted octanol–water partition coefficient (Wildman–Crippen LogP) is 3.61. The average molecular weight is 274 g/mol. The van der Waals surface area contributed by atoms with Crippen molar-refractivity contribution < 1.29 is 22.7 Å². The van der Waals surface area contributed by atoms with Gasteiger partial charge in [0, 0.05) is 6.42 Å². The van der Waals surface area contributed by atoms with Gasteiger partial charge in [-0.15, -0.1) is 0 Å². The van der Waals surface area contributed by atoms with Crippen LogP contribution < -0.4 is 0 Å². The molecule has 0 saturated heterocycles. The van der Waals surface area contributed by atoms with E-state index in [4.69, 9.17) is 4.74 Å². The summed E-state index contributed by atoms with van der Waals surface area (Å²) in [6.45, 7) is 2.68. The molecule has 1 unspecified atom stereocenters. The minimum Gasteiger partial charge on any atom is -0.465 e. The number of hydrogen-bond acceptors (Lipinski definition) is 2. The Hall–Kier alpha value is -1.52. The minimum atomic E-state index is -4.56. The second-order valence-electron chi connectivity index (χ2n) is 4.67. The topological polar surface area (TPSA) is 26.3 Å². The van der Waals surface area contributed by atoms with Gasteiger partial charge in [-0.3, -0.25) is 4.79 Å². The fourth-order valence-corrected chi connectivity index (χ4v) is 1.79. The van der Waals surface area contributed by atoms with E-state index in [9.17, 15) is 18.0 Å². The third kappa shape index (κ3) is 4.93. The predicted molar refractivity (Wildman–Crippen MR) is 65.5 cm³/mol. The highest BCUT2D eigenvalue weighted by atomic mass is 19.4. The second-order valence-corrected chi connectivity index (χ2v) is 4.67. The van der Waals surface area contributed by atoms with Gasteiger partial charge in [0.25, 0.3) is 0 Å². The number of ether oxygens (including phenoxy) is 1. The molecule has 0 bridgehead atoms. The number of rotatable bonds is 5. The van der Waals surface area contributed by atoms with E-state index in [0.717, 1.165) is 5.56 Å². The first-order valence-electron chi connectivity index (χ1n) is 6.09. The van der Waals surface area contributed by atoms with Gasteiger partial charge in [0.1, 0.15) is 0 Å². The zero-order valence-corrected chi connectivity index (χ0v) is 10.9. The van der Waals surface area contributed by atoms with E-state index < -0.39 is 24.0 Å². The van der Waals surface area contributed by atoms with Gasteiger partial charge in [-0.25, -0.2) is 0 Å². The maximum atomic E-state index is 12.7. The summed E-state index contributed by atoms with van der Waals surface area (Å²) in [4.78, 5) is 11.5. The Morgan fingerprint density at radius 3 is 2.26 bits per heavy atom. The molecule has 0 radical (unpaired) electrons. The summed E-state index contributed by atoms with van der Waals surface area (Å²) in [6, 6.07) is 9.15.